The van der Waals surface area contributed by atoms with Gasteiger partial charge in [0.05, 0.1) is 0 Å². The standard InChI is InChI=1S/C20H18O.C20H6.H2O.6H2/c21-13-2-1-4-14-7-8-17-10-9-15-5-3-6-16-11-12-18(14)20(17)19(15)16;1-3-5-7-9-11-13-15-17-19-20-18-16-14-12-10-8-6-4-2;;;;;;;/h3,5-12,21H,1-2,4,13H2;1-2H3;1H2;6*1H. The van der Waals surface area contributed by atoms with Gasteiger partial charge in [-0.15, -0.1) is 0 Å². The minimum atomic E-state index is 0. The number of rotatable bonds is 4. The van der Waals surface area contributed by atoms with Gasteiger partial charge in [0.25, 0.3) is 0 Å². The molecule has 0 atom stereocenters. The average Bonchev–Trinajstić information content (AvgIpc) is 3.01. The van der Waals surface area contributed by atoms with Crippen molar-refractivity contribution in [2.75, 3.05) is 6.61 Å². The minimum Gasteiger partial charge on any atom is -0.412 e. The summed E-state index contributed by atoms with van der Waals surface area (Å²) in [4.78, 5) is 0. The molecule has 4 rings (SSSR count). The molecule has 0 saturated carbocycles. The summed E-state index contributed by atoms with van der Waals surface area (Å²) in [6.07, 6.45) is 2.96. The molecule has 4 aromatic rings. The molecule has 0 heterocycles. The lowest BCUT2D eigenvalue weighted by Crippen LogP contribution is -1.92. The van der Waals surface area contributed by atoms with Gasteiger partial charge in [0.2, 0.25) is 0 Å². The normalized spacial score (nSPS) is 7.79. The maximum Gasteiger partial charge on any atom is 0.0431 e. The summed E-state index contributed by atoms with van der Waals surface area (Å²) in [5, 5.41) is 17.1. The SMILES string of the molecule is CC#CC#CC#CC#CC#CC#CC#CC#CC#CC.O.OCCCCc1ccc2ccc3cccc4ccc1c2c34.[HH].[HH].[HH].[HH].[HH].[HH]. The van der Waals surface area contributed by atoms with E-state index in [1.54, 1.807) is 13.8 Å². The predicted octanol–water partition coefficient (Wildman–Crippen LogP) is 6.61. The van der Waals surface area contributed by atoms with Crippen LogP contribution in [0.5, 0.6) is 0 Å². The largest absolute Gasteiger partial charge is 0.412 e. The molecule has 3 N–H and O–H groups in total. The van der Waals surface area contributed by atoms with Crippen LogP contribution in [0.4, 0.5) is 0 Å². The Morgan fingerprint density at radius 2 is 0.905 bits per heavy atom. The van der Waals surface area contributed by atoms with E-state index in [9.17, 15) is 0 Å². The number of aryl methyl sites for hydroxylation is 1. The van der Waals surface area contributed by atoms with Crippen molar-refractivity contribution in [2.24, 2.45) is 0 Å². The van der Waals surface area contributed by atoms with Gasteiger partial charge in [-0.05, 0) is 166 Å². The number of hydrogen-bond acceptors (Lipinski definition) is 1. The van der Waals surface area contributed by atoms with Crippen molar-refractivity contribution in [1.82, 2.24) is 0 Å². The van der Waals surface area contributed by atoms with E-state index in [0.29, 0.717) is 0 Å². The van der Waals surface area contributed by atoms with Crippen LogP contribution < -0.4 is 0 Å². The fourth-order valence-corrected chi connectivity index (χ4v) is 4.00. The van der Waals surface area contributed by atoms with Gasteiger partial charge in [0.15, 0.2) is 0 Å². The number of benzene rings is 4. The van der Waals surface area contributed by atoms with E-state index in [4.69, 9.17) is 5.11 Å². The third kappa shape index (κ3) is 9.88. The summed E-state index contributed by atoms with van der Waals surface area (Å²) in [5.74, 6) is 45.6. The summed E-state index contributed by atoms with van der Waals surface area (Å²) >= 11 is 0. The third-order valence-electron chi connectivity index (χ3n) is 5.66. The highest BCUT2D eigenvalue weighted by Crippen LogP contribution is 2.36. The number of aliphatic hydroxyl groups is 1. The van der Waals surface area contributed by atoms with E-state index in [1.807, 2.05) is 0 Å². The van der Waals surface area contributed by atoms with Gasteiger partial charge in [0.1, 0.15) is 0 Å². The second kappa shape index (κ2) is 19.0. The van der Waals surface area contributed by atoms with Crippen LogP contribution in [-0.4, -0.2) is 17.2 Å². The van der Waals surface area contributed by atoms with Crippen molar-refractivity contribution in [3.8, 4) is 107 Å². The molecule has 0 aromatic heterocycles. The van der Waals surface area contributed by atoms with E-state index in [-0.39, 0.29) is 20.6 Å². The highest BCUT2D eigenvalue weighted by Gasteiger charge is 2.10. The second-order valence-corrected chi connectivity index (χ2v) is 8.26. The van der Waals surface area contributed by atoms with Crippen molar-refractivity contribution in [3.63, 3.8) is 0 Å². The van der Waals surface area contributed by atoms with Crippen LogP contribution in [-0.2, 0) is 6.42 Å². The van der Waals surface area contributed by atoms with Crippen LogP contribution in [0.25, 0.3) is 32.3 Å². The lowest BCUT2D eigenvalue weighted by atomic mass is 9.91. The van der Waals surface area contributed by atoms with Crippen molar-refractivity contribution < 1.29 is 19.1 Å². The zero-order chi connectivity index (χ0) is 29.0. The molecule has 0 saturated heterocycles. The quantitative estimate of drug-likeness (QED) is 0.174. The lowest BCUT2D eigenvalue weighted by molar-refractivity contribution is 0.284. The molecule has 42 heavy (non-hydrogen) atoms. The predicted molar refractivity (Wildman–Crippen MR) is 188 cm³/mol. The van der Waals surface area contributed by atoms with Crippen LogP contribution in [0.2, 0.25) is 0 Å². The first kappa shape index (κ1) is 32.1. The number of unbranched alkanes of at least 4 members (excludes halogenated alkanes) is 1. The Labute approximate surface area is 257 Å². The Hall–Kier alpha value is -6.12. The lowest BCUT2D eigenvalue weighted by Gasteiger charge is -2.13. The Bertz CT molecular complexity index is 2060. The van der Waals surface area contributed by atoms with Gasteiger partial charge >= 0.3 is 0 Å². The molecule has 0 aliphatic rings. The van der Waals surface area contributed by atoms with E-state index in [1.165, 1.54) is 37.9 Å². The minimum absolute atomic E-state index is 0. The van der Waals surface area contributed by atoms with Gasteiger partial charge in [0, 0.05) is 15.2 Å². The highest BCUT2D eigenvalue weighted by molar-refractivity contribution is 6.23. The molecule has 0 amide bonds. The smallest absolute Gasteiger partial charge is 0.0431 e. The molecular weight excluding hydrogens is 512 g/mol. The van der Waals surface area contributed by atoms with Crippen LogP contribution in [0, 0.1) is 107 Å². The van der Waals surface area contributed by atoms with Crippen LogP contribution in [0.3, 0.4) is 0 Å². The van der Waals surface area contributed by atoms with Gasteiger partial charge in [-0.1, -0.05) is 66.4 Å². The average molecular weight is 551 g/mol. The van der Waals surface area contributed by atoms with Gasteiger partial charge in [-0.3, -0.25) is 0 Å². The van der Waals surface area contributed by atoms with Crippen molar-refractivity contribution in [2.45, 2.75) is 33.1 Å². The van der Waals surface area contributed by atoms with E-state index >= 15 is 0 Å². The Balaban J connectivity index is -0.000000225. The van der Waals surface area contributed by atoms with Gasteiger partial charge < -0.3 is 10.6 Å². The molecule has 0 spiro atoms. The molecule has 0 fully saturated rings. The maximum absolute atomic E-state index is 8.98. The third-order valence-corrected chi connectivity index (χ3v) is 5.66. The monoisotopic (exact) mass is 550 g/mol. The molecule has 0 unspecified atom stereocenters. The molecule has 0 bridgehead atoms. The zero-order valence-corrected chi connectivity index (χ0v) is 23.5. The molecule has 2 nitrogen and oxygen atoms in total. The van der Waals surface area contributed by atoms with Crippen LogP contribution in [0.1, 0.15) is 40.8 Å². The van der Waals surface area contributed by atoms with Crippen molar-refractivity contribution in [3.05, 3.63) is 60.2 Å². The summed E-state index contributed by atoms with van der Waals surface area (Å²) in [6.45, 7) is 3.69. The molecule has 210 valence electrons. The summed E-state index contributed by atoms with van der Waals surface area (Å²) in [6, 6.07) is 19.9. The zero-order valence-electron chi connectivity index (χ0n) is 23.5. The molecular formula is C40H38O2. The summed E-state index contributed by atoms with van der Waals surface area (Å²) < 4.78 is 0. The Kier molecular flexibility index (Phi) is 14.5. The first-order chi connectivity index (χ1) is 20.3. The fraction of sp³-hybridized carbons (Fsp3) is 0.150. The molecule has 0 radical (unpaired) electrons. The molecule has 4 aromatic carbocycles. The van der Waals surface area contributed by atoms with E-state index < -0.39 is 0 Å². The van der Waals surface area contributed by atoms with Crippen LogP contribution in [0.15, 0.2) is 54.6 Å². The van der Waals surface area contributed by atoms with Gasteiger partial charge in [-0.2, -0.15) is 0 Å². The molecule has 0 aliphatic carbocycles. The molecule has 0 aliphatic heterocycles. The molecule has 2 heteroatoms. The first-order valence-electron chi connectivity index (χ1n) is 12.9. The van der Waals surface area contributed by atoms with Crippen molar-refractivity contribution in [1.29, 1.82) is 0 Å². The highest BCUT2D eigenvalue weighted by atomic mass is 16.2. The topological polar surface area (TPSA) is 51.7 Å². The Morgan fingerprint density at radius 3 is 1.36 bits per heavy atom. The number of aliphatic hydroxyl groups excluding tert-OH is 1. The van der Waals surface area contributed by atoms with E-state index in [2.05, 4.69) is 161 Å². The van der Waals surface area contributed by atoms with E-state index in [0.717, 1.165) is 19.3 Å². The Morgan fingerprint density at radius 1 is 0.500 bits per heavy atom. The summed E-state index contributed by atoms with van der Waals surface area (Å²) in [7, 11) is 0. The van der Waals surface area contributed by atoms with Gasteiger partial charge in [-0.25, -0.2) is 0 Å². The van der Waals surface area contributed by atoms with Crippen molar-refractivity contribution >= 4 is 32.3 Å². The number of hydrogen-bond donors (Lipinski definition) is 1. The first-order valence-corrected chi connectivity index (χ1v) is 12.9. The second-order valence-electron chi connectivity index (χ2n) is 8.26. The maximum atomic E-state index is 8.98. The summed E-state index contributed by atoms with van der Waals surface area (Å²) in [5.41, 5.74) is 1.40. The fourth-order valence-electron chi connectivity index (χ4n) is 4.00. The van der Waals surface area contributed by atoms with Crippen LogP contribution >= 0.6 is 0 Å².